The van der Waals surface area contributed by atoms with Crippen LogP contribution in [0.15, 0.2) is 174 Å². The van der Waals surface area contributed by atoms with Crippen molar-refractivity contribution < 1.29 is 4.42 Å². The van der Waals surface area contributed by atoms with Gasteiger partial charge >= 0.3 is 0 Å². The summed E-state index contributed by atoms with van der Waals surface area (Å²) in [5.74, 6) is 0. The molecule has 9 nitrogen and oxygen atoms in total. The minimum absolute atomic E-state index is 0.572. The molecule has 15 rings (SSSR count). The molecule has 0 fully saturated rings. The third kappa shape index (κ3) is 6.18. The molecule has 0 saturated heterocycles. The van der Waals surface area contributed by atoms with Crippen molar-refractivity contribution in [2.75, 3.05) is 0 Å². The van der Waals surface area contributed by atoms with E-state index in [2.05, 4.69) is 167 Å². The summed E-state index contributed by atoms with van der Waals surface area (Å²) >= 11 is 0. The molecule has 15 aromatic rings. The summed E-state index contributed by atoms with van der Waals surface area (Å²) in [5.41, 5.74) is 19.1. The number of aromatic nitrogens is 4. The van der Waals surface area contributed by atoms with Crippen LogP contribution in [-0.4, -0.2) is 18.3 Å². The first-order valence-corrected chi connectivity index (χ1v) is 25.4. The molecule has 10 aromatic carbocycles. The molecule has 0 N–H and O–H groups in total. The first kappa shape index (κ1) is 43.7. The van der Waals surface area contributed by atoms with Crippen molar-refractivity contribution in [2.45, 2.75) is 27.7 Å². The van der Waals surface area contributed by atoms with E-state index in [1.165, 1.54) is 0 Å². The van der Waals surface area contributed by atoms with Gasteiger partial charge in [0.2, 0.25) is 0 Å². The molecule has 5 aromatic heterocycles. The molecule has 0 unspecified atom stereocenters. The Labute approximate surface area is 439 Å². The number of hydrogen-bond donors (Lipinski definition) is 0. The minimum Gasteiger partial charge on any atom is -0.452 e. The highest BCUT2D eigenvalue weighted by Gasteiger charge is 2.27. The molecular weight excluding hydrogens is 945 g/mol. The van der Waals surface area contributed by atoms with Gasteiger partial charge in [0.1, 0.15) is 0 Å². The van der Waals surface area contributed by atoms with E-state index in [-0.39, 0.29) is 0 Å². The average molecular weight is 985 g/mol. The van der Waals surface area contributed by atoms with E-state index in [9.17, 15) is 21.0 Å². The number of nitrogens with zero attached hydrogens (tertiary/aromatic N) is 8. The molecule has 0 amide bonds. The van der Waals surface area contributed by atoms with Gasteiger partial charge in [-0.2, -0.15) is 21.0 Å². The molecule has 9 heteroatoms. The maximum atomic E-state index is 10.2. The van der Waals surface area contributed by atoms with Crippen LogP contribution in [0.3, 0.4) is 0 Å². The minimum atomic E-state index is 0.572. The standard InChI is InChI=1S/C68H40N8O/c1-37-5-13-57-47(21-37)51-25-41(33-69)9-17-59(51)73(57)45-29-55-56-30-46(74-58-14-6-38(2)22-48(58)52-26-42(34-70)10-18-60(52)74)32-66(76-62-16-8-40(4)24-50(62)54-28-44(36-72)12-20-64(54)76)68(56)77-67(55)65(31-45)75-61-15-7-39(3)23-49(61)53-27-43(35-71)11-19-63(53)75/h5-32H,1-4H3. The van der Waals surface area contributed by atoms with Crippen LogP contribution in [0.1, 0.15) is 44.5 Å². The van der Waals surface area contributed by atoms with Crippen molar-refractivity contribution in [3.63, 3.8) is 0 Å². The van der Waals surface area contributed by atoms with Gasteiger partial charge in [-0.15, -0.1) is 0 Å². The van der Waals surface area contributed by atoms with Gasteiger partial charge in [0.05, 0.1) is 102 Å². The van der Waals surface area contributed by atoms with Crippen LogP contribution >= 0.6 is 0 Å². The number of nitriles is 4. The second-order valence-electron chi connectivity index (χ2n) is 20.6. The number of furan rings is 1. The van der Waals surface area contributed by atoms with Crippen molar-refractivity contribution in [3.8, 4) is 47.0 Å². The van der Waals surface area contributed by atoms with E-state index in [0.29, 0.717) is 33.4 Å². The fourth-order valence-corrected chi connectivity index (χ4v) is 12.4. The third-order valence-corrected chi connectivity index (χ3v) is 15.8. The molecule has 0 radical (unpaired) electrons. The molecule has 0 atom stereocenters. The quantitative estimate of drug-likeness (QED) is 0.173. The molecule has 77 heavy (non-hydrogen) atoms. The molecular formula is C68H40N8O. The Morgan fingerprint density at radius 1 is 0.273 bits per heavy atom. The largest absolute Gasteiger partial charge is 0.452 e. The zero-order chi connectivity index (χ0) is 52.1. The van der Waals surface area contributed by atoms with Gasteiger partial charge in [0.25, 0.3) is 0 Å². The fourth-order valence-electron chi connectivity index (χ4n) is 12.4. The number of rotatable bonds is 4. The van der Waals surface area contributed by atoms with Crippen LogP contribution < -0.4 is 0 Å². The summed E-state index contributed by atoms with van der Waals surface area (Å²) in [6, 6.07) is 68.0. The van der Waals surface area contributed by atoms with Gasteiger partial charge in [0.15, 0.2) is 11.2 Å². The van der Waals surface area contributed by atoms with Crippen molar-refractivity contribution in [2.24, 2.45) is 0 Å². The Morgan fingerprint density at radius 3 is 0.792 bits per heavy atom. The number of aryl methyl sites for hydroxylation is 4. The Kier molecular flexibility index (Phi) is 8.99. The lowest BCUT2D eigenvalue weighted by Crippen LogP contribution is -2.00. The van der Waals surface area contributed by atoms with Crippen LogP contribution in [0.25, 0.3) is 132 Å². The fraction of sp³-hybridized carbons (Fsp3) is 0.0588. The lowest BCUT2D eigenvalue weighted by molar-refractivity contribution is 0.663. The average Bonchev–Trinajstić information content (AvgIpc) is 4.45. The van der Waals surface area contributed by atoms with Crippen molar-refractivity contribution in [3.05, 3.63) is 214 Å². The molecule has 0 bridgehead atoms. The van der Waals surface area contributed by atoms with Gasteiger partial charge < -0.3 is 22.7 Å². The summed E-state index contributed by atoms with van der Waals surface area (Å²) < 4.78 is 16.8. The maximum absolute atomic E-state index is 10.2. The number of benzene rings is 10. The summed E-state index contributed by atoms with van der Waals surface area (Å²) in [5, 5.41) is 50.5. The van der Waals surface area contributed by atoms with E-state index in [0.717, 1.165) is 143 Å². The summed E-state index contributed by atoms with van der Waals surface area (Å²) in [6.07, 6.45) is 0. The van der Waals surface area contributed by atoms with Gasteiger partial charge in [-0.3, -0.25) is 0 Å². The van der Waals surface area contributed by atoms with E-state index in [1.807, 2.05) is 72.8 Å². The van der Waals surface area contributed by atoms with Gasteiger partial charge in [-0.1, -0.05) is 46.5 Å². The van der Waals surface area contributed by atoms with Gasteiger partial charge in [0, 0.05) is 65.2 Å². The van der Waals surface area contributed by atoms with E-state index in [4.69, 9.17) is 4.42 Å². The van der Waals surface area contributed by atoms with E-state index in [1.54, 1.807) is 0 Å². The van der Waals surface area contributed by atoms with Crippen LogP contribution in [-0.2, 0) is 0 Å². The Balaban J connectivity index is 1.16. The zero-order valence-corrected chi connectivity index (χ0v) is 42.2. The molecule has 0 spiro atoms. The first-order valence-electron chi connectivity index (χ1n) is 25.4. The predicted octanol–water partition coefficient (Wildman–Crippen LogP) is 16.7. The Hall–Kier alpha value is -10.8. The zero-order valence-electron chi connectivity index (χ0n) is 42.2. The highest BCUT2D eigenvalue weighted by molar-refractivity contribution is 6.18. The predicted molar refractivity (Wildman–Crippen MR) is 309 cm³/mol. The third-order valence-electron chi connectivity index (χ3n) is 15.8. The Bertz CT molecular complexity index is 5060. The van der Waals surface area contributed by atoms with E-state index >= 15 is 0 Å². The van der Waals surface area contributed by atoms with Crippen LogP contribution in [0.4, 0.5) is 0 Å². The summed E-state index contributed by atoms with van der Waals surface area (Å²) in [4.78, 5) is 0. The SMILES string of the molecule is Cc1ccc2c(c1)c1cc(C#N)ccc1n2-c1cc(-n2c3ccc(C)cc3c3cc(C#N)ccc32)c2oc3c(-n4c5ccc(C)cc5c5cc(C#N)ccc54)cc(-n4c5ccc(C)cc5c5cc(C#N)ccc54)cc3c2c1. The topological polar surface area (TPSA) is 128 Å². The van der Waals surface area contributed by atoms with Crippen molar-refractivity contribution >= 4 is 109 Å². The van der Waals surface area contributed by atoms with Gasteiger partial charge in [-0.05, 0) is 173 Å². The second kappa shape index (κ2) is 15.8. The normalized spacial score (nSPS) is 11.8. The molecule has 5 heterocycles. The summed E-state index contributed by atoms with van der Waals surface area (Å²) in [7, 11) is 0. The van der Waals surface area contributed by atoms with Crippen LogP contribution in [0.2, 0.25) is 0 Å². The number of hydrogen-bond acceptors (Lipinski definition) is 5. The molecule has 0 aliphatic carbocycles. The molecule has 0 aliphatic rings. The highest BCUT2D eigenvalue weighted by atomic mass is 16.3. The Morgan fingerprint density at radius 2 is 0.519 bits per heavy atom. The highest BCUT2D eigenvalue weighted by Crippen LogP contribution is 2.46. The van der Waals surface area contributed by atoms with Gasteiger partial charge in [-0.25, -0.2) is 0 Å². The van der Waals surface area contributed by atoms with Crippen LogP contribution in [0, 0.1) is 73.0 Å². The lowest BCUT2D eigenvalue weighted by Gasteiger charge is -2.14. The van der Waals surface area contributed by atoms with Crippen molar-refractivity contribution in [1.29, 1.82) is 21.0 Å². The molecule has 0 saturated carbocycles. The monoisotopic (exact) mass is 984 g/mol. The summed E-state index contributed by atoms with van der Waals surface area (Å²) in [6.45, 7) is 8.37. The maximum Gasteiger partial charge on any atom is 0.159 e. The number of fused-ring (bicyclic) bond motifs is 15. The van der Waals surface area contributed by atoms with Crippen molar-refractivity contribution in [1.82, 2.24) is 18.3 Å². The lowest BCUT2D eigenvalue weighted by atomic mass is 10.1. The van der Waals surface area contributed by atoms with Crippen LogP contribution in [0.5, 0.6) is 0 Å². The molecule has 0 aliphatic heterocycles. The second-order valence-corrected chi connectivity index (χ2v) is 20.6. The molecule has 358 valence electrons. The van der Waals surface area contributed by atoms with E-state index < -0.39 is 0 Å². The smallest absolute Gasteiger partial charge is 0.159 e. The first-order chi connectivity index (χ1) is 37.6.